The van der Waals surface area contributed by atoms with E-state index in [-0.39, 0.29) is 23.1 Å². The van der Waals surface area contributed by atoms with Crippen LogP contribution in [-0.2, 0) is 20.9 Å². The summed E-state index contributed by atoms with van der Waals surface area (Å²) in [6, 6.07) is 9.42. The smallest absolute Gasteiger partial charge is 0.415 e. The molecule has 1 aromatic rings. The molecular formula is C17H21NO4S. The summed E-state index contributed by atoms with van der Waals surface area (Å²) < 4.78 is 10.2. The van der Waals surface area contributed by atoms with E-state index in [4.69, 9.17) is 9.47 Å². The van der Waals surface area contributed by atoms with Gasteiger partial charge in [-0.1, -0.05) is 51.1 Å². The SMILES string of the molecule is COC(=O)C1=CS[C@H](C(C)(C)C)N1C(=O)OCc1ccccc1. The van der Waals surface area contributed by atoms with E-state index in [1.165, 1.54) is 23.8 Å². The third-order valence-electron chi connectivity index (χ3n) is 3.34. The third kappa shape index (κ3) is 4.07. The molecule has 1 aromatic carbocycles. The van der Waals surface area contributed by atoms with Crippen molar-refractivity contribution < 1.29 is 19.1 Å². The molecule has 0 aliphatic carbocycles. The number of nitrogens with zero attached hydrogens (tertiary/aromatic N) is 1. The van der Waals surface area contributed by atoms with E-state index in [0.717, 1.165) is 5.56 Å². The van der Waals surface area contributed by atoms with Crippen LogP contribution in [0.2, 0.25) is 0 Å². The largest absolute Gasteiger partial charge is 0.464 e. The number of carbonyl (C=O) groups is 2. The molecule has 0 spiro atoms. The molecule has 1 heterocycles. The van der Waals surface area contributed by atoms with Gasteiger partial charge in [0.05, 0.1) is 12.5 Å². The van der Waals surface area contributed by atoms with Gasteiger partial charge in [-0.2, -0.15) is 0 Å². The Morgan fingerprint density at radius 1 is 1.22 bits per heavy atom. The summed E-state index contributed by atoms with van der Waals surface area (Å²) in [6.07, 6.45) is -0.546. The highest BCUT2D eigenvalue weighted by atomic mass is 32.2. The topological polar surface area (TPSA) is 55.8 Å². The van der Waals surface area contributed by atoms with E-state index < -0.39 is 12.1 Å². The van der Waals surface area contributed by atoms with E-state index in [1.807, 2.05) is 51.1 Å². The van der Waals surface area contributed by atoms with Crippen molar-refractivity contribution in [2.45, 2.75) is 32.8 Å². The molecule has 1 atom stereocenters. The van der Waals surface area contributed by atoms with Crippen LogP contribution in [0.15, 0.2) is 41.4 Å². The quantitative estimate of drug-likeness (QED) is 0.787. The zero-order valence-electron chi connectivity index (χ0n) is 13.7. The number of hydrogen-bond acceptors (Lipinski definition) is 5. The molecule has 0 unspecified atom stereocenters. The Morgan fingerprint density at radius 3 is 2.43 bits per heavy atom. The van der Waals surface area contributed by atoms with Crippen LogP contribution in [0.5, 0.6) is 0 Å². The van der Waals surface area contributed by atoms with Crippen LogP contribution in [0.1, 0.15) is 26.3 Å². The second-order valence-corrected chi connectivity index (χ2v) is 7.21. The number of thioether (sulfide) groups is 1. The zero-order chi connectivity index (χ0) is 17.0. The molecular weight excluding hydrogens is 314 g/mol. The van der Waals surface area contributed by atoms with Gasteiger partial charge in [0.25, 0.3) is 0 Å². The van der Waals surface area contributed by atoms with Gasteiger partial charge in [-0.3, -0.25) is 4.90 Å². The lowest BCUT2D eigenvalue weighted by Crippen LogP contribution is -2.44. The Morgan fingerprint density at radius 2 is 1.87 bits per heavy atom. The minimum Gasteiger partial charge on any atom is -0.464 e. The van der Waals surface area contributed by atoms with Crippen molar-refractivity contribution in [3.05, 3.63) is 47.0 Å². The average Bonchev–Trinajstić information content (AvgIpc) is 2.98. The molecule has 0 fully saturated rings. The van der Waals surface area contributed by atoms with Gasteiger partial charge in [-0.05, 0) is 11.0 Å². The lowest BCUT2D eigenvalue weighted by Gasteiger charge is -2.34. The maximum Gasteiger partial charge on any atom is 0.415 e. The van der Waals surface area contributed by atoms with Crippen LogP contribution in [0.25, 0.3) is 0 Å². The number of hydrogen-bond donors (Lipinski definition) is 0. The molecule has 0 saturated heterocycles. The maximum absolute atomic E-state index is 12.5. The van der Waals surface area contributed by atoms with Gasteiger partial charge in [0.1, 0.15) is 12.3 Å². The Balaban J connectivity index is 2.14. The standard InChI is InChI=1S/C17H21NO4S/c1-17(2,3)15-18(13(11-23-15)14(19)21-4)16(20)22-10-12-8-6-5-7-9-12/h5-9,11,15H,10H2,1-4H3/t15-/m1/s1. The first-order valence-corrected chi connectivity index (χ1v) is 8.22. The van der Waals surface area contributed by atoms with Gasteiger partial charge in [-0.25, -0.2) is 9.59 Å². The number of amides is 1. The number of rotatable bonds is 3. The molecule has 1 aliphatic rings. The highest BCUT2D eigenvalue weighted by molar-refractivity contribution is 8.03. The first-order chi connectivity index (χ1) is 10.8. The molecule has 124 valence electrons. The highest BCUT2D eigenvalue weighted by Gasteiger charge is 2.43. The fraction of sp³-hybridized carbons (Fsp3) is 0.412. The zero-order valence-corrected chi connectivity index (χ0v) is 14.6. The summed E-state index contributed by atoms with van der Waals surface area (Å²) in [5.74, 6) is -0.541. The van der Waals surface area contributed by atoms with Crippen molar-refractivity contribution in [1.29, 1.82) is 0 Å². The summed E-state index contributed by atoms with van der Waals surface area (Å²) in [4.78, 5) is 25.9. The second-order valence-electron chi connectivity index (χ2n) is 6.26. The Hall–Kier alpha value is -1.95. The minimum atomic E-state index is -0.546. The summed E-state index contributed by atoms with van der Waals surface area (Å²) in [5.41, 5.74) is 0.891. The molecule has 1 amide bonds. The lowest BCUT2D eigenvalue weighted by atomic mass is 9.95. The van der Waals surface area contributed by atoms with E-state index >= 15 is 0 Å². The number of methoxy groups -OCH3 is 1. The van der Waals surface area contributed by atoms with Gasteiger partial charge < -0.3 is 9.47 Å². The Kier molecular flexibility index (Phi) is 5.36. The predicted octanol–water partition coefficient (Wildman–Crippen LogP) is 3.76. The van der Waals surface area contributed by atoms with E-state index in [2.05, 4.69) is 0 Å². The van der Waals surface area contributed by atoms with Gasteiger partial charge in [-0.15, -0.1) is 11.8 Å². The average molecular weight is 335 g/mol. The fourth-order valence-electron chi connectivity index (χ4n) is 2.20. The first kappa shape index (κ1) is 17.4. The summed E-state index contributed by atoms with van der Waals surface area (Å²) in [5, 5.41) is 1.44. The number of ether oxygens (including phenoxy) is 2. The van der Waals surface area contributed by atoms with Crippen LogP contribution in [0.3, 0.4) is 0 Å². The van der Waals surface area contributed by atoms with Crippen molar-refractivity contribution in [3.63, 3.8) is 0 Å². The molecule has 1 aliphatic heterocycles. The first-order valence-electron chi connectivity index (χ1n) is 7.28. The van der Waals surface area contributed by atoms with Gasteiger partial charge in [0, 0.05) is 5.41 Å². The van der Waals surface area contributed by atoms with Gasteiger partial charge >= 0.3 is 12.1 Å². The fourth-order valence-corrected chi connectivity index (χ4v) is 3.40. The van der Waals surface area contributed by atoms with Crippen molar-refractivity contribution >= 4 is 23.8 Å². The van der Waals surface area contributed by atoms with Crippen LogP contribution in [-0.4, -0.2) is 29.4 Å². The number of carbonyl (C=O) groups excluding carboxylic acids is 2. The third-order valence-corrected chi connectivity index (χ3v) is 4.87. The number of benzene rings is 1. The van der Waals surface area contributed by atoms with E-state index in [0.29, 0.717) is 0 Å². The molecule has 23 heavy (non-hydrogen) atoms. The maximum atomic E-state index is 12.5. The molecule has 0 radical (unpaired) electrons. The molecule has 0 aromatic heterocycles. The molecule has 0 N–H and O–H groups in total. The van der Waals surface area contributed by atoms with Gasteiger partial charge in [0.15, 0.2) is 0 Å². The van der Waals surface area contributed by atoms with Crippen molar-refractivity contribution in [3.8, 4) is 0 Å². The molecule has 6 heteroatoms. The van der Waals surface area contributed by atoms with Crippen molar-refractivity contribution in [2.24, 2.45) is 5.41 Å². The molecule has 5 nitrogen and oxygen atoms in total. The molecule has 0 saturated carbocycles. The second kappa shape index (κ2) is 7.08. The van der Waals surface area contributed by atoms with Crippen LogP contribution in [0.4, 0.5) is 4.79 Å². The molecule has 0 bridgehead atoms. The monoisotopic (exact) mass is 335 g/mol. The summed E-state index contributed by atoms with van der Waals surface area (Å²) >= 11 is 1.42. The lowest BCUT2D eigenvalue weighted by molar-refractivity contribution is -0.137. The van der Waals surface area contributed by atoms with E-state index in [1.54, 1.807) is 5.41 Å². The van der Waals surface area contributed by atoms with Crippen LogP contribution < -0.4 is 0 Å². The Labute approximate surface area is 140 Å². The normalized spacial score (nSPS) is 17.7. The summed E-state index contributed by atoms with van der Waals surface area (Å²) in [6.45, 7) is 6.19. The number of esters is 1. The van der Waals surface area contributed by atoms with E-state index in [9.17, 15) is 9.59 Å². The summed E-state index contributed by atoms with van der Waals surface area (Å²) in [7, 11) is 1.30. The minimum absolute atomic E-state index is 0.159. The van der Waals surface area contributed by atoms with Gasteiger partial charge in [0.2, 0.25) is 0 Å². The highest BCUT2D eigenvalue weighted by Crippen LogP contribution is 2.42. The Bertz CT molecular complexity index is 607. The molecule has 2 rings (SSSR count). The predicted molar refractivity (Wildman–Crippen MR) is 89.4 cm³/mol. The van der Waals surface area contributed by atoms with Crippen molar-refractivity contribution in [2.75, 3.05) is 7.11 Å². The van der Waals surface area contributed by atoms with Crippen LogP contribution >= 0.6 is 11.8 Å². The van der Waals surface area contributed by atoms with Crippen LogP contribution in [0, 0.1) is 5.41 Å². The van der Waals surface area contributed by atoms with Crippen molar-refractivity contribution in [1.82, 2.24) is 4.90 Å².